The van der Waals surface area contributed by atoms with Gasteiger partial charge in [0.25, 0.3) is 0 Å². The number of nitrogens with zero attached hydrogens (tertiary/aromatic N) is 1. The second kappa shape index (κ2) is 5.38. The number of alkyl halides is 3. The number of hydrogen-bond acceptors (Lipinski definition) is 2. The molecule has 0 aliphatic heterocycles. The number of rotatable bonds is 3. The molecule has 0 aliphatic carbocycles. The van der Waals surface area contributed by atoms with Crippen LogP contribution in [0.2, 0.25) is 0 Å². The molecule has 114 valence electrons. The van der Waals surface area contributed by atoms with Crippen LogP contribution in [0.4, 0.5) is 13.2 Å². The van der Waals surface area contributed by atoms with E-state index in [2.05, 4.69) is 4.74 Å². The zero-order valence-corrected chi connectivity index (χ0v) is 11.5. The van der Waals surface area contributed by atoms with Crippen molar-refractivity contribution in [3.63, 3.8) is 0 Å². The SMILES string of the molecule is NCc1cn(-c2ccc(OC(F)(F)F)cc2)c2ccccc12. The van der Waals surface area contributed by atoms with Gasteiger partial charge in [0.1, 0.15) is 5.75 Å². The number of benzene rings is 2. The van der Waals surface area contributed by atoms with E-state index in [1.807, 2.05) is 35.0 Å². The lowest BCUT2D eigenvalue weighted by molar-refractivity contribution is -0.274. The number of ether oxygens (including phenoxy) is 1. The van der Waals surface area contributed by atoms with Crippen LogP contribution in [0.3, 0.4) is 0 Å². The smallest absolute Gasteiger partial charge is 0.406 e. The van der Waals surface area contributed by atoms with Gasteiger partial charge in [-0.25, -0.2) is 0 Å². The molecule has 3 nitrogen and oxygen atoms in total. The van der Waals surface area contributed by atoms with E-state index in [-0.39, 0.29) is 5.75 Å². The second-order valence-electron chi connectivity index (χ2n) is 4.79. The quantitative estimate of drug-likeness (QED) is 0.795. The third-order valence-electron chi connectivity index (χ3n) is 3.36. The van der Waals surface area contributed by atoms with Crippen molar-refractivity contribution in [1.82, 2.24) is 4.57 Å². The lowest BCUT2D eigenvalue weighted by Gasteiger charge is -2.10. The van der Waals surface area contributed by atoms with Crippen molar-refractivity contribution in [2.45, 2.75) is 12.9 Å². The average Bonchev–Trinajstić information content (AvgIpc) is 2.85. The Morgan fingerprint density at radius 2 is 1.68 bits per heavy atom. The van der Waals surface area contributed by atoms with Crippen LogP contribution in [-0.4, -0.2) is 10.9 Å². The van der Waals surface area contributed by atoms with Crippen molar-refractivity contribution < 1.29 is 17.9 Å². The summed E-state index contributed by atoms with van der Waals surface area (Å²) in [5.74, 6) is -0.244. The number of aromatic nitrogens is 1. The first-order valence-corrected chi connectivity index (χ1v) is 6.63. The van der Waals surface area contributed by atoms with Crippen molar-refractivity contribution in [2.24, 2.45) is 5.73 Å². The fourth-order valence-electron chi connectivity index (χ4n) is 2.43. The van der Waals surface area contributed by atoms with Crippen LogP contribution in [-0.2, 0) is 6.54 Å². The number of para-hydroxylation sites is 1. The molecule has 0 atom stereocenters. The molecule has 1 heterocycles. The predicted molar refractivity (Wildman–Crippen MR) is 77.8 cm³/mol. The summed E-state index contributed by atoms with van der Waals surface area (Å²) in [6.07, 6.45) is -2.79. The summed E-state index contributed by atoms with van der Waals surface area (Å²) in [6, 6.07) is 13.5. The van der Waals surface area contributed by atoms with Crippen LogP contribution in [0, 0.1) is 0 Å². The Morgan fingerprint density at radius 3 is 2.32 bits per heavy atom. The largest absolute Gasteiger partial charge is 0.573 e. The zero-order chi connectivity index (χ0) is 15.7. The van der Waals surface area contributed by atoms with Gasteiger partial charge in [-0.15, -0.1) is 13.2 Å². The summed E-state index contributed by atoms with van der Waals surface area (Å²) in [6.45, 7) is 0.392. The molecule has 0 aliphatic rings. The molecule has 0 amide bonds. The van der Waals surface area contributed by atoms with Crippen LogP contribution in [0.5, 0.6) is 5.75 Å². The first-order chi connectivity index (χ1) is 10.5. The van der Waals surface area contributed by atoms with Crippen molar-refractivity contribution >= 4 is 10.9 Å². The topological polar surface area (TPSA) is 40.2 Å². The van der Waals surface area contributed by atoms with Gasteiger partial charge < -0.3 is 15.0 Å². The van der Waals surface area contributed by atoms with Crippen molar-refractivity contribution in [3.8, 4) is 11.4 Å². The van der Waals surface area contributed by atoms with Gasteiger partial charge in [-0.2, -0.15) is 0 Å². The van der Waals surface area contributed by atoms with Gasteiger partial charge in [0.05, 0.1) is 5.52 Å². The fraction of sp³-hybridized carbons (Fsp3) is 0.125. The minimum atomic E-state index is -4.69. The van der Waals surface area contributed by atoms with E-state index in [1.54, 1.807) is 12.1 Å². The standard InChI is InChI=1S/C16H13F3N2O/c17-16(18,19)22-13-7-5-12(6-8-13)21-10-11(9-20)14-3-1-2-4-15(14)21/h1-8,10H,9,20H2. The summed E-state index contributed by atoms with van der Waals surface area (Å²) in [7, 11) is 0. The number of hydrogen-bond donors (Lipinski definition) is 1. The molecule has 6 heteroatoms. The molecular weight excluding hydrogens is 293 g/mol. The van der Waals surface area contributed by atoms with E-state index in [9.17, 15) is 13.2 Å². The molecule has 0 bridgehead atoms. The van der Waals surface area contributed by atoms with Crippen LogP contribution in [0.15, 0.2) is 54.7 Å². The maximum atomic E-state index is 12.2. The summed E-state index contributed by atoms with van der Waals surface area (Å²) in [4.78, 5) is 0. The average molecular weight is 306 g/mol. The minimum absolute atomic E-state index is 0.244. The molecule has 3 rings (SSSR count). The lowest BCUT2D eigenvalue weighted by atomic mass is 10.2. The van der Waals surface area contributed by atoms with E-state index in [0.29, 0.717) is 6.54 Å². The third-order valence-corrected chi connectivity index (χ3v) is 3.36. The molecule has 1 aromatic heterocycles. The molecule has 2 aromatic carbocycles. The second-order valence-corrected chi connectivity index (χ2v) is 4.79. The Morgan fingerprint density at radius 1 is 1.00 bits per heavy atom. The molecule has 0 saturated carbocycles. The Balaban J connectivity index is 2.01. The van der Waals surface area contributed by atoms with Crippen molar-refractivity contribution in [3.05, 3.63) is 60.3 Å². The summed E-state index contributed by atoms with van der Waals surface area (Å²) >= 11 is 0. The summed E-state index contributed by atoms with van der Waals surface area (Å²) in [5.41, 5.74) is 8.41. The van der Waals surface area contributed by atoms with Crippen LogP contribution >= 0.6 is 0 Å². The summed E-state index contributed by atoms with van der Waals surface area (Å²) in [5, 5.41) is 1.03. The monoisotopic (exact) mass is 306 g/mol. The van der Waals surface area contributed by atoms with Gasteiger partial charge in [0, 0.05) is 23.8 Å². The van der Waals surface area contributed by atoms with E-state index < -0.39 is 6.36 Å². The maximum absolute atomic E-state index is 12.2. The van der Waals surface area contributed by atoms with Crippen molar-refractivity contribution in [1.29, 1.82) is 0 Å². The Hall–Kier alpha value is -2.47. The minimum Gasteiger partial charge on any atom is -0.406 e. The molecule has 22 heavy (non-hydrogen) atoms. The zero-order valence-electron chi connectivity index (χ0n) is 11.5. The fourth-order valence-corrected chi connectivity index (χ4v) is 2.43. The number of halogens is 3. The molecule has 0 radical (unpaired) electrons. The Labute approximate surface area is 124 Å². The normalized spacial score (nSPS) is 11.8. The van der Waals surface area contributed by atoms with Gasteiger partial charge in [0.15, 0.2) is 0 Å². The Kier molecular flexibility index (Phi) is 3.54. The number of nitrogens with two attached hydrogens (primary N) is 1. The van der Waals surface area contributed by atoms with E-state index >= 15 is 0 Å². The highest BCUT2D eigenvalue weighted by Crippen LogP contribution is 2.27. The first kappa shape index (κ1) is 14.5. The van der Waals surface area contributed by atoms with Gasteiger partial charge in [-0.3, -0.25) is 0 Å². The van der Waals surface area contributed by atoms with Gasteiger partial charge in [-0.05, 0) is 35.9 Å². The Bertz CT molecular complexity index is 791. The lowest BCUT2D eigenvalue weighted by Crippen LogP contribution is -2.17. The molecule has 0 spiro atoms. The predicted octanol–water partition coefficient (Wildman–Crippen LogP) is 3.99. The van der Waals surface area contributed by atoms with E-state index in [4.69, 9.17) is 5.73 Å². The highest BCUT2D eigenvalue weighted by Gasteiger charge is 2.30. The highest BCUT2D eigenvalue weighted by atomic mass is 19.4. The molecule has 0 fully saturated rings. The summed E-state index contributed by atoms with van der Waals surface area (Å²) < 4.78 is 42.3. The van der Waals surface area contributed by atoms with Gasteiger partial charge in [0.2, 0.25) is 0 Å². The maximum Gasteiger partial charge on any atom is 0.573 e. The molecule has 0 unspecified atom stereocenters. The molecule has 0 saturated heterocycles. The van der Waals surface area contributed by atoms with Crippen LogP contribution < -0.4 is 10.5 Å². The van der Waals surface area contributed by atoms with E-state index in [0.717, 1.165) is 22.2 Å². The van der Waals surface area contributed by atoms with Crippen molar-refractivity contribution in [2.75, 3.05) is 0 Å². The molecule has 3 aromatic rings. The van der Waals surface area contributed by atoms with Crippen LogP contribution in [0.25, 0.3) is 16.6 Å². The van der Waals surface area contributed by atoms with E-state index in [1.165, 1.54) is 12.1 Å². The van der Waals surface area contributed by atoms with Crippen LogP contribution in [0.1, 0.15) is 5.56 Å². The molecular formula is C16H13F3N2O. The first-order valence-electron chi connectivity index (χ1n) is 6.63. The highest BCUT2D eigenvalue weighted by molar-refractivity contribution is 5.85. The van der Waals surface area contributed by atoms with Gasteiger partial charge >= 0.3 is 6.36 Å². The number of fused-ring (bicyclic) bond motifs is 1. The molecule has 2 N–H and O–H groups in total. The third kappa shape index (κ3) is 2.78. The van der Waals surface area contributed by atoms with Gasteiger partial charge in [-0.1, -0.05) is 18.2 Å².